The normalized spacial score (nSPS) is 12.7. The van der Waals surface area contributed by atoms with E-state index in [2.05, 4.69) is 36.2 Å². The third-order valence-corrected chi connectivity index (χ3v) is 5.10. The summed E-state index contributed by atoms with van der Waals surface area (Å²) in [5, 5.41) is 5.40. The molecule has 0 radical (unpaired) electrons. The molecule has 7 nitrogen and oxygen atoms in total. The summed E-state index contributed by atoms with van der Waals surface area (Å²) in [4.78, 5) is 25.1. The third kappa shape index (κ3) is 3.68. The number of ether oxygens (including phenoxy) is 2. The minimum Gasteiger partial charge on any atom is -0.486 e. The van der Waals surface area contributed by atoms with E-state index in [9.17, 15) is 4.79 Å². The van der Waals surface area contributed by atoms with Gasteiger partial charge in [0.25, 0.3) is 0 Å². The monoisotopic (exact) mass is 432 g/mol. The number of amides is 1. The molecular formula is C17H13BrN4O3S. The van der Waals surface area contributed by atoms with Gasteiger partial charge in [0.1, 0.15) is 13.2 Å². The number of nitrogens with zero attached hydrogens (tertiary/aromatic N) is 3. The van der Waals surface area contributed by atoms with Crippen molar-refractivity contribution in [2.24, 2.45) is 0 Å². The van der Waals surface area contributed by atoms with Crippen molar-refractivity contribution in [3.63, 3.8) is 0 Å². The lowest BCUT2D eigenvalue weighted by Crippen LogP contribution is -2.17. The summed E-state index contributed by atoms with van der Waals surface area (Å²) in [7, 11) is 0. The van der Waals surface area contributed by atoms with Crippen molar-refractivity contribution in [3.05, 3.63) is 46.1 Å². The molecule has 0 saturated heterocycles. The van der Waals surface area contributed by atoms with E-state index in [0.717, 1.165) is 4.47 Å². The Balaban J connectivity index is 1.45. The zero-order valence-electron chi connectivity index (χ0n) is 13.4. The van der Waals surface area contributed by atoms with Gasteiger partial charge in [-0.15, -0.1) is 11.3 Å². The van der Waals surface area contributed by atoms with Crippen molar-refractivity contribution in [2.45, 2.75) is 6.42 Å². The Labute approximate surface area is 161 Å². The maximum absolute atomic E-state index is 12.4. The summed E-state index contributed by atoms with van der Waals surface area (Å²) in [6, 6.07) is 5.29. The van der Waals surface area contributed by atoms with E-state index < -0.39 is 0 Å². The van der Waals surface area contributed by atoms with Gasteiger partial charge in [0.2, 0.25) is 5.91 Å². The Morgan fingerprint density at radius 2 is 1.92 bits per heavy atom. The van der Waals surface area contributed by atoms with E-state index in [0.29, 0.717) is 46.9 Å². The molecule has 0 bridgehead atoms. The van der Waals surface area contributed by atoms with Crippen LogP contribution in [0.3, 0.4) is 0 Å². The Morgan fingerprint density at radius 1 is 1.19 bits per heavy atom. The minimum absolute atomic E-state index is 0.157. The number of nitrogens with one attached hydrogen (secondary N) is 1. The number of hydrogen-bond donors (Lipinski definition) is 1. The van der Waals surface area contributed by atoms with Gasteiger partial charge in [0.15, 0.2) is 22.3 Å². The van der Waals surface area contributed by atoms with E-state index in [1.807, 2.05) is 5.38 Å². The molecule has 0 atom stereocenters. The average molecular weight is 433 g/mol. The van der Waals surface area contributed by atoms with Gasteiger partial charge in [-0.3, -0.25) is 4.79 Å². The fraction of sp³-hybridized carbons (Fsp3) is 0.176. The highest BCUT2D eigenvalue weighted by atomic mass is 79.9. The summed E-state index contributed by atoms with van der Waals surface area (Å²) in [6.07, 6.45) is 3.48. The van der Waals surface area contributed by atoms with Gasteiger partial charge in [-0.25, -0.2) is 15.0 Å². The molecule has 1 aliphatic rings. The third-order valence-electron chi connectivity index (χ3n) is 3.56. The molecule has 3 heterocycles. The number of anilines is 1. The molecule has 4 rings (SSSR count). The molecule has 3 aromatic rings. The van der Waals surface area contributed by atoms with Crippen LogP contribution in [-0.2, 0) is 11.2 Å². The van der Waals surface area contributed by atoms with Crippen LogP contribution < -0.4 is 14.8 Å². The van der Waals surface area contributed by atoms with Crippen molar-refractivity contribution in [2.75, 3.05) is 18.5 Å². The number of fused-ring (bicyclic) bond motifs is 1. The lowest BCUT2D eigenvalue weighted by molar-refractivity contribution is -0.115. The zero-order valence-corrected chi connectivity index (χ0v) is 15.8. The minimum atomic E-state index is -0.173. The van der Waals surface area contributed by atoms with Crippen LogP contribution in [0.1, 0.15) is 5.69 Å². The van der Waals surface area contributed by atoms with Crippen LogP contribution in [0.4, 0.5) is 5.69 Å². The van der Waals surface area contributed by atoms with Gasteiger partial charge in [-0.2, -0.15) is 0 Å². The number of rotatable bonds is 4. The van der Waals surface area contributed by atoms with Crippen LogP contribution in [0.15, 0.2) is 40.4 Å². The highest BCUT2D eigenvalue weighted by molar-refractivity contribution is 9.10. The molecule has 0 fully saturated rings. The second kappa shape index (κ2) is 7.38. The number of hydrogen-bond acceptors (Lipinski definition) is 7. The molecule has 132 valence electrons. The Kier molecular flexibility index (Phi) is 4.81. The molecule has 1 N–H and O–H groups in total. The first kappa shape index (κ1) is 16.9. The summed E-state index contributed by atoms with van der Waals surface area (Å²) in [5.41, 5.74) is 1.30. The average Bonchev–Trinajstić information content (AvgIpc) is 3.11. The first-order chi connectivity index (χ1) is 12.7. The Bertz CT molecular complexity index is 948. The van der Waals surface area contributed by atoms with Crippen molar-refractivity contribution in [1.29, 1.82) is 0 Å². The standard InChI is InChI=1S/C17H13BrN4O3S/c18-11-7-13-14(25-5-4-24-13)8-12(11)22-15(23)6-10-9-26-17(21-10)16-19-2-1-3-20-16/h1-3,7-9H,4-6H2,(H,22,23). The molecular weight excluding hydrogens is 420 g/mol. The first-order valence-corrected chi connectivity index (χ1v) is 9.47. The number of carbonyl (C=O) groups is 1. The molecule has 1 aromatic carbocycles. The molecule has 0 saturated carbocycles. The fourth-order valence-electron chi connectivity index (χ4n) is 2.42. The highest BCUT2D eigenvalue weighted by Crippen LogP contribution is 2.38. The molecule has 1 aliphatic heterocycles. The Morgan fingerprint density at radius 3 is 2.69 bits per heavy atom. The van der Waals surface area contributed by atoms with E-state index in [4.69, 9.17) is 9.47 Å². The lowest BCUT2D eigenvalue weighted by atomic mass is 10.2. The lowest BCUT2D eigenvalue weighted by Gasteiger charge is -2.20. The van der Waals surface area contributed by atoms with E-state index in [1.165, 1.54) is 11.3 Å². The van der Waals surface area contributed by atoms with Crippen molar-refractivity contribution < 1.29 is 14.3 Å². The van der Waals surface area contributed by atoms with Crippen LogP contribution in [0, 0.1) is 0 Å². The van der Waals surface area contributed by atoms with Crippen molar-refractivity contribution in [1.82, 2.24) is 15.0 Å². The van der Waals surface area contributed by atoms with Crippen LogP contribution >= 0.6 is 27.3 Å². The Hall–Kier alpha value is -2.52. The highest BCUT2D eigenvalue weighted by Gasteiger charge is 2.17. The summed E-state index contributed by atoms with van der Waals surface area (Å²) < 4.78 is 11.8. The van der Waals surface area contributed by atoms with Gasteiger partial charge >= 0.3 is 0 Å². The maximum Gasteiger partial charge on any atom is 0.230 e. The molecule has 0 unspecified atom stereocenters. The molecule has 0 spiro atoms. The summed E-state index contributed by atoms with van der Waals surface area (Å²) >= 11 is 4.85. The van der Waals surface area contributed by atoms with Gasteiger partial charge < -0.3 is 14.8 Å². The first-order valence-electron chi connectivity index (χ1n) is 7.80. The van der Waals surface area contributed by atoms with Gasteiger partial charge in [-0.1, -0.05) is 0 Å². The van der Waals surface area contributed by atoms with Crippen molar-refractivity contribution >= 4 is 38.9 Å². The molecule has 1 amide bonds. The second-order valence-electron chi connectivity index (χ2n) is 5.42. The maximum atomic E-state index is 12.4. The molecule has 0 aliphatic carbocycles. The summed E-state index contributed by atoms with van der Waals surface area (Å²) in [5.74, 6) is 1.66. The summed E-state index contributed by atoms with van der Waals surface area (Å²) in [6.45, 7) is 1.01. The number of aromatic nitrogens is 3. The zero-order chi connectivity index (χ0) is 17.9. The van der Waals surface area contributed by atoms with Crippen LogP contribution in [0.5, 0.6) is 11.5 Å². The van der Waals surface area contributed by atoms with E-state index in [-0.39, 0.29) is 12.3 Å². The molecule has 26 heavy (non-hydrogen) atoms. The number of carbonyl (C=O) groups excluding carboxylic acids is 1. The van der Waals surface area contributed by atoms with Gasteiger partial charge in [-0.05, 0) is 22.0 Å². The second-order valence-corrected chi connectivity index (χ2v) is 7.13. The van der Waals surface area contributed by atoms with E-state index in [1.54, 1.807) is 30.6 Å². The molecule has 9 heteroatoms. The van der Waals surface area contributed by atoms with Crippen LogP contribution in [0.2, 0.25) is 0 Å². The predicted molar refractivity (Wildman–Crippen MR) is 101 cm³/mol. The predicted octanol–water partition coefficient (Wildman–Crippen LogP) is 3.32. The van der Waals surface area contributed by atoms with Crippen LogP contribution in [-0.4, -0.2) is 34.1 Å². The number of benzene rings is 1. The molecule has 2 aromatic heterocycles. The van der Waals surface area contributed by atoms with Gasteiger partial charge in [0, 0.05) is 34.4 Å². The van der Waals surface area contributed by atoms with Crippen LogP contribution in [0.25, 0.3) is 10.8 Å². The fourth-order valence-corrected chi connectivity index (χ4v) is 3.61. The van der Waals surface area contributed by atoms with Crippen molar-refractivity contribution in [3.8, 4) is 22.3 Å². The van der Waals surface area contributed by atoms with Gasteiger partial charge in [0.05, 0.1) is 17.8 Å². The number of thiazole rings is 1. The smallest absolute Gasteiger partial charge is 0.230 e. The topological polar surface area (TPSA) is 86.2 Å². The van der Waals surface area contributed by atoms with E-state index >= 15 is 0 Å². The largest absolute Gasteiger partial charge is 0.486 e. The quantitative estimate of drug-likeness (QED) is 0.680. The SMILES string of the molecule is O=C(Cc1csc(-c2ncccn2)n1)Nc1cc2c(cc1Br)OCCO2. The number of halogens is 1.